The lowest BCUT2D eigenvalue weighted by molar-refractivity contribution is -0.142. The first-order valence-electron chi connectivity index (χ1n) is 9.14. The quantitative estimate of drug-likeness (QED) is 0.618. The molecule has 0 saturated carbocycles. The van der Waals surface area contributed by atoms with Crippen LogP contribution in [-0.4, -0.2) is 30.9 Å². The molecule has 0 unspecified atom stereocenters. The predicted molar refractivity (Wildman–Crippen MR) is 108 cm³/mol. The van der Waals surface area contributed by atoms with Crippen molar-refractivity contribution in [3.63, 3.8) is 0 Å². The van der Waals surface area contributed by atoms with Gasteiger partial charge in [-0.05, 0) is 37.1 Å². The Balaban J connectivity index is 1.54. The van der Waals surface area contributed by atoms with Crippen molar-refractivity contribution in [2.75, 3.05) is 23.4 Å². The summed E-state index contributed by atoms with van der Waals surface area (Å²) in [7, 11) is 0. The van der Waals surface area contributed by atoms with Crippen LogP contribution in [0.5, 0.6) is 0 Å². The topological polar surface area (TPSA) is 75.7 Å². The highest BCUT2D eigenvalue weighted by molar-refractivity contribution is 6.02. The molecule has 1 fully saturated rings. The van der Waals surface area contributed by atoms with Crippen molar-refractivity contribution in [2.24, 2.45) is 0 Å². The molecule has 0 spiro atoms. The van der Waals surface area contributed by atoms with Gasteiger partial charge < -0.3 is 15.0 Å². The van der Waals surface area contributed by atoms with E-state index in [0.29, 0.717) is 24.3 Å². The van der Waals surface area contributed by atoms with Crippen molar-refractivity contribution in [3.8, 4) is 0 Å². The Morgan fingerprint density at radius 3 is 2.61 bits per heavy atom. The van der Waals surface area contributed by atoms with E-state index in [9.17, 15) is 14.4 Å². The molecule has 6 nitrogen and oxygen atoms in total. The molecular weight excluding hydrogens is 356 g/mol. The van der Waals surface area contributed by atoms with Crippen molar-refractivity contribution < 1.29 is 19.1 Å². The fourth-order valence-electron chi connectivity index (χ4n) is 2.93. The van der Waals surface area contributed by atoms with Gasteiger partial charge in [-0.25, -0.2) is 4.79 Å². The zero-order valence-corrected chi connectivity index (χ0v) is 15.7. The Labute approximate surface area is 163 Å². The van der Waals surface area contributed by atoms with Crippen LogP contribution in [0.3, 0.4) is 0 Å². The molecule has 0 aliphatic carbocycles. The first-order valence-corrected chi connectivity index (χ1v) is 9.14. The molecule has 1 aliphatic heterocycles. The Morgan fingerprint density at radius 2 is 1.89 bits per heavy atom. The second-order valence-electron chi connectivity index (χ2n) is 6.57. The zero-order valence-electron chi connectivity index (χ0n) is 15.7. The Hall–Kier alpha value is -3.41. The summed E-state index contributed by atoms with van der Waals surface area (Å²) in [5.41, 5.74) is 3.18. The molecule has 6 heteroatoms. The zero-order chi connectivity index (χ0) is 19.9. The molecule has 0 aromatic heterocycles. The van der Waals surface area contributed by atoms with Crippen LogP contribution in [-0.2, 0) is 19.1 Å². The normalized spacial score (nSPS) is 13.8. The summed E-state index contributed by atoms with van der Waals surface area (Å²) in [6, 6.07) is 14.8. The van der Waals surface area contributed by atoms with Crippen LogP contribution in [0, 0.1) is 6.92 Å². The molecule has 28 heavy (non-hydrogen) atoms. The van der Waals surface area contributed by atoms with E-state index in [1.165, 1.54) is 6.08 Å². The van der Waals surface area contributed by atoms with Gasteiger partial charge in [0.15, 0.2) is 6.61 Å². The highest BCUT2D eigenvalue weighted by atomic mass is 16.5. The minimum absolute atomic E-state index is 0.0365. The smallest absolute Gasteiger partial charge is 0.331 e. The molecule has 0 atom stereocenters. The number of para-hydroxylation sites is 2. The summed E-state index contributed by atoms with van der Waals surface area (Å²) >= 11 is 0. The molecule has 2 aromatic carbocycles. The minimum atomic E-state index is -0.598. The molecule has 0 bridgehead atoms. The number of nitrogens with zero attached hydrogens (tertiary/aromatic N) is 1. The first-order chi connectivity index (χ1) is 13.5. The lowest BCUT2D eigenvalue weighted by atomic mass is 10.1. The number of esters is 1. The molecule has 2 aromatic rings. The number of amides is 2. The lowest BCUT2D eigenvalue weighted by Gasteiger charge is -2.19. The molecular formula is C22H22N2O4. The summed E-state index contributed by atoms with van der Waals surface area (Å²) in [6.07, 6.45) is 4.22. The van der Waals surface area contributed by atoms with E-state index in [-0.39, 0.29) is 5.91 Å². The maximum Gasteiger partial charge on any atom is 0.331 e. The molecule has 1 N–H and O–H groups in total. The second-order valence-corrected chi connectivity index (χ2v) is 6.57. The monoisotopic (exact) mass is 378 g/mol. The van der Waals surface area contributed by atoms with Crippen LogP contribution in [0.4, 0.5) is 11.4 Å². The largest absolute Gasteiger partial charge is 0.452 e. The number of hydrogen-bond acceptors (Lipinski definition) is 4. The van der Waals surface area contributed by atoms with E-state index < -0.39 is 18.5 Å². The van der Waals surface area contributed by atoms with Gasteiger partial charge in [0.1, 0.15) is 0 Å². The fraction of sp³-hybridized carbons (Fsp3) is 0.227. The standard InChI is InChI=1S/C22H22N2O4/c1-16-8-10-17(11-9-16)12-13-22(27)28-15-20(25)23-18-5-2-3-6-19(18)24-14-4-7-21(24)26/h2-3,5-6,8-13H,4,7,14-15H2,1H3,(H,23,25)/b13-12+. The van der Waals surface area contributed by atoms with Gasteiger partial charge >= 0.3 is 5.97 Å². The van der Waals surface area contributed by atoms with E-state index >= 15 is 0 Å². The average molecular weight is 378 g/mol. The van der Waals surface area contributed by atoms with E-state index in [0.717, 1.165) is 17.5 Å². The van der Waals surface area contributed by atoms with Crippen LogP contribution in [0.25, 0.3) is 6.08 Å². The number of carbonyl (C=O) groups excluding carboxylic acids is 3. The molecule has 0 radical (unpaired) electrons. The van der Waals surface area contributed by atoms with Gasteiger partial charge in [-0.3, -0.25) is 9.59 Å². The third-order valence-corrected chi connectivity index (χ3v) is 4.38. The van der Waals surface area contributed by atoms with Gasteiger partial charge in [0.05, 0.1) is 11.4 Å². The number of anilines is 2. The van der Waals surface area contributed by atoms with Crippen molar-refractivity contribution >= 4 is 35.2 Å². The summed E-state index contributed by atoms with van der Waals surface area (Å²) in [4.78, 5) is 37.6. The van der Waals surface area contributed by atoms with E-state index in [1.807, 2.05) is 37.3 Å². The van der Waals surface area contributed by atoms with Crippen LogP contribution in [0.1, 0.15) is 24.0 Å². The molecule has 3 rings (SSSR count). The second kappa shape index (κ2) is 8.99. The van der Waals surface area contributed by atoms with E-state index in [2.05, 4.69) is 5.32 Å². The third-order valence-electron chi connectivity index (χ3n) is 4.38. The van der Waals surface area contributed by atoms with Crippen molar-refractivity contribution in [3.05, 3.63) is 65.7 Å². The van der Waals surface area contributed by atoms with E-state index in [1.54, 1.807) is 29.2 Å². The van der Waals surface area contributed by atoms with Gasteiger partial charge in [0.2, 0.25) is 5.91 Å². The minimum Gasteiger partial charge on any atom is -0.452 e. The van der Waals surface area contributed by atoms with Gasteiger partial charge in [-0.15, -0.1) is 0 Å². The number of benzene rings is 2. The summed E-state index contributed by atoms with van der Waals surface area (Å²) in [5.74, 6) is -1.02. The van der Waals surface area contributed by atoms with Crippen LogP contribution in [0.15, 0.2) is 54.6 Å². The Kier molecular flexibility index (Phi) is 6.22. The molecule has 1 aliphatic rings. The highest BCUT2D eigenvalue weighted by Crippen LogP contribution is 2.29. The van der Waals surface area contributed by atoms with Gasteiger partial charge in [0.25, 0.3) is 5.91 Å². The van der Waals surface area contributed by atoms with Crippen molar-refractivity contribution in [1.82, 2.24) is 0 Å². The third kappa shape index (κ3) is 5.07. The number of nitrogens with one attached hydrogen (secondary N) is 1. The van der Waals surface area contributed by atoms with Gasteiger partial charge in [-0.2, -0.15) is 0 Å². The molecule has 144 valence electrons. The average Bonchev–Trinajstić information content (AvgIpc) is 3.12. The SMILES string of the molecule is Cc1ccc(/C=C/C(=O)OCC(=O)Nc2ccccc2N2CCCC2=O)cc1. The van der Waals surface area contributed by atoms with Crippen LogP contribution < -0.4 is 10.2 Å². The van der Waals surface area contributed by atoms with Crippen molar-refractivity contribution in [1.29, 1.82) is 0 Å². The number of aryl methyl sites for hydroxylation is 1. The van der Waals surface area contributed by atoms with Crippen molar-refractivity contribution in [2.45, 2.75) is 19.8 Å². The summed E-state index contributed by atoms with van der Waals surface area (Å²) in [6.45, 7) is 2.21. The number of carbonyl (C=O) groups is 3. The molecule has 1 saturated heterocycles. The number of ether oxygens (including phenoxy) is 1. The summed E-state index contributed by atoms with van der Waals surface area (Å²) < 4.78 is 4.99. The number of rotatable bonds is 6. The molecule has 1 heterocycles. The highest BCUT2D eigenvalue weighted by Gasteiger charge is 2.24. The Morgan fingerprint density at radius 1 is 1.14 bits per heavy atom. The Bertz CT molecular complexity index is 903. The first kappa shape index (κ1) is 19.4. The maximum absolute atomic E-state index is 12.2. The van der Waals surface area contributed by atoms with Gasteiger partial charge in [0, 0.05) is 19.0 Å². The van der Waals surface area contributed by atoms with Gasteiger partial charge in [-0.1, -0.05) is 42.0 Å². The predicted octanol–water partition coefficient (Wildman–Crippen LogP) is 3.32. The summed E-state index contributed by atoms with van der Waals surface area (Å²) in [5, 5.41) is 2.71. The maximum atomic E-state index is 12.2. The van der Waals surface area contributed by atoms with Crippen LogP contribution >= 0.6 is 0 Å². The van der Waals surface area contributed by atoms with Crippen LogP contribution in [0.2, 0.25) is 0 Å². The van der Waals surface area contributed by atoms with E-state index in [4.69, 9.17) is 4.74 Å². The number of hydrogen-bond donors (Lipinski definition) is 1. The molecule has 2 amide bonds. The fourth-order valence-corrected chi connectivity index (χ4v) is 2.93. The lowest BCUT2D eigenvalue weighted by Crippen LogP contribution is -2.26.